The number of primary amides is 1. The molecule has 7 aromatic carbocycles. The number of fused-ring (bicyclic) bond motifs is 3. The normalized spacial score (nSPS) is 15.4. The fourth-order valence-electron chi connectivity index (χ4n) is 17.7. The number of aliphatic hydroxyl groups excluding tert-OH is 1. The van der Waals surface area contributed by atoms with Crippen LogP contribution in [0, 0.1) is 10.8 Å². The summed E-state index contributed by atoms with van der Waals surface area (Å²) in [6, 6.07) is 31.8. The van der Waals surface area contributed by atoms with Gasteiger partial charge >= 0.3 is 23.9 Å². The Balaban J connectivity index is 0.790. The quantitative estimate of drug-likeness (QED) is 0.00721. The van der Waals surface area contributed by atoms with Gasteiger partial charge in [-0.1, -0.05) is 140 Å². The zero-order valence-electron chi connectivity index (χ0n) is 81.0. The smallest absolute Gasteiger partial charge is 0.330 e. The molecule has 12 rings (SSSR count). The molecule has 2 aliphatic rings. The van der Waals surface area contributed by atoms with E-state index in [9.17, 15) is 58.8 Å². The van der Waals surface area contributed by atoms with Crippen molar-refractivity contribution in [1.82, 2.24) is 108 Å². The van der Waals surface area contributed by atoms with E-state index in [2.05, 4.69) is 83.8 Å². The number of hydrogen-bond acceptors (Lipinski definition) is 24. The van der Waals surface area contributed by atoms with Gasteiger partial charge in [-0.15, -0.1) is 0 Å². The summed E-state index contributed by atoms with van der Waals surface area (Å²) in [6.45, 7) is -1.58. The highest BCUT2D eigenvalue weighted by atomic mass is 16.4. The first-order valence-electron chi connectivity index (χ1n) is 48.2. The standard InChI is InChI=1S/C101H123N27O20/c102-99(103)108-34-12-27-75(114-92(141)77(47-64-19-10-18-61-15-4-5-22-70(61)64)116-89(138)65-20-11-21-68(46-65)113-84(130)54-124-37-39-125(55-85(131)132)41-43-127(57-87(135)136)44-42-126(40-38-124)56-86(133)134)90(139)118-79(49-67-52-111-74-26-9-7-24-72(67)74)94(143)121-82(58-129)96(145)119-80(50-69-53-107-59-112-69)95(144)115-76(28-13-35-109-100(104)105)91(140)117-78(48-66-51-110-73-25-8-6-23-71(66)73)93(142)120-81(98(147)128-36-14-29-83(128)97(146)122-123-101(106)148)45-60-30-32-63(33-31-60)88(137)62-16-2-1-3-17-62/h1-11,15-26,30-33,46,51-53,59,75-83,110-111,129H,12-14,27-29,34-45,47-50,54-58H2,(H,107,112)(H,113,130)(H,114,141)(H,115,144)(H,116,138)(H,117,140)(H,118,139)(H,119,145)(H,120,142)(H,121,143)(H,122,146)(H,131,132)(H,133,134)(H,135,136)(H4,102,103,108)(H4,104,105,109)(H3,106,123,148)/t75-,76+,77?,78-,79-,80-,81-,82-,83-/m0/s1. The van der Waals surface area contributed by atoms with E-state index in [1.807, 2.05) is 29.7 Å². The maximum atomic E-state index is 15.6. The van der Waals surface area contributed by atoms with Crippen molar-refractivity contribution in [3.05, 3.63) is 239 Å². The number of aliphatic hydroxyl groups is 1. The number of H-pyrrole nitrogens is 3. The summed E-state index contributed by atoms with van der Waals surface area (Å²) in [5, 5.41) is 89.2. The van der Waals surface area contributed by atoms with Gasteiger partial charge in [-0.05, 0) is 102 Å². The third-order valence-electron chi connectivity index (χ3n) is 25.3. The second-order valence-corrected chi connectivity index (χ2v) is 36.0. The zero-order chi connectivity index (χ0) is 106. The van der Waals surface area contributed by atoms with Crippen molar-refractivity contribution < 1.29 is 97.1 Å². The third kappa shape index (κ3) is 32.7. The first-order valence-corrected chi connectivity index (χ1v) is 48.2. The molecule has 0 spiro atoms. The molecule has 0 bridgehead atoms. The van der Waals surface area contributed by atoms with Gasteiger partial charge in [0.25, 0.3) is 11.8 Å². The van der Waals surface area contributed by atoms with Crippen molar-refractivity contribution in [1.29, 1.82) is 10.8 Å². The van der Waals surface area contributed by atoms with E-state index >= 15 is 38.4 Å². The topological polar surface area (TPSA) is 713 Å². The number of aliphatic carboxylic acids is 3. The second-order valence-electron chi connectivity index (χ2n) is 36.0. The van der Waals surface area contributed by atoms with Crippen molar-refractivity contribution in [2.45, 2.75) is 125 Å². The average molecular weight is 2040 g/mol. The Morgan fingerprint density at radius 2 is 0.851 bits per heavy atom. The van der Waals surface area contributed by atoms with Crippen LogP contribution in [0.1, 0.15) is 92.8 Å². The molecule has 0 aliphatic carbocycles. The number of carbonyl (C=O) groups excluding carboxylic acids is 13. The van der Waals surface area contributed by atoms with Gasteiger partial charge in [-0.3, -0.25) is 108 Å². The molecule has 47 nitrogen and oxygen atoms in total. The van der Waals surface area contributed by atoms with Crippen LogP contribution in [0.4, 0.5) is 10.5 Å². The SMILES string of the molecule is N=C(N)NCCC[C@H](NC(=O)C(Cc1cccc2ccccc12)NC(=O)c1cccc(NC(=O)CN2CCN(CC(=O)O)CCN(CC(=O)O)CCN(CC(=O)O)CC2)c1)C(=O)N[C@@H](Cc1c[nH]c2ccccc12)C(=O)N[C@@H](CO)C(=O)N[C@@H](Cc1cnc[nH]1)C(=O)N[C@H](CCCNC(=N)N)C(=O)N[C@@H](Cc1c[nH]c2ccccc12)C(=O)N[C@@H](Cc1ccc(C(=O)c2ccccc2)cc1)C(=O)N1CCC[C@H]1C(=O)NNC(N)=O. The highest BCUT2D eigenvalue weighted by Gasteiger charge is 2.42. The van der Waals surface area contributed by atoms with E-state index in [1.165, 1.54) is 41.7 Å². The molecule has 0 saturated carbocycles. The number of urea groups is 1. The Hall–Kier alpha value is -17.1. The van der Waals surface area contributed by atoms with Crippen LogP contribution in [0.5, 0.6) is 0 Å². The number of amides is 13. The summed E-state index contributed by atoms with van der Waals surface area (Å²) < 4.78 is 0. The van der Waals surface area contributed by atoms with Crippen molar-refractivity contribution in [3.8, 4) is 0 Å². The first-order chi connectivity index (χ1) is 71.2. The van der Waals surface area contributed by atoms with Gasteiger partial charge in [0, 0.05) is 173 Å². The van der Waals surface area contributed by atoms with E-state index in [4.69, 9.17) is 28.0 Å². The van der Waals surface area contributed by atoms with E-state index in [0.717, 1.165) is 5.39 Å². The Kier molecular flexibility index (Phi) is 40.1. The Morgan fingerprint density at radius 1 is 0.419 bits per heavy atom. The molecule has 47 heteroatoms. The lowest BCUT2D eigenvalue weighted by atomic mass is 9.97. The maximum Gasteiger partial charge on any atom is 0.330 e. The number of hydrazine groups is 1. The van der Waals surface area contributed by atoms with E-state index in [0.29, 0.717) is 67.0 Å². The molecular weight excluding hydrogens is 1910 g/mol. The van der Waals surface area contributed by atoms with E-state index in [-0.39, 0.29) is 166 Å². The summed E-state index contributed by atoms with van der Waals surface area (Å²) in [4.78, 5) is 248. The molecule has 13 amide bonds. The fourth-order valence-corrected chi connectivity index (χ4v) is 17.7. The molecule has 148 heavy (non-hydrogen) atoms. The number of likely N-dealkylation sites (tertiary alicyclic amines) is 1. The molecule has 1 unspecified atom stereocenters. The molecule has 3 aromatic heterocycles. The Morgan fingerprint density at radius 3 is 1.36 bits per heavy atom. The van der Waals surface area contributed by atoms with E-state index in [1.54, 1.807) is 153 Å². The molecule has 28 N–H and O–H groups in total. The number of nitrogens with one attached hydrogen (secondary N) is 18. The fraction of sp³-hybridized carbons (Fsp3) is 0.356. The van der Waals surface area contributed by atoms with Gasteiger partial charge < -0.3 is 116 Å². The number of aromatic amines is 3. The summed E-state index contributed by atoms with van der Waals surface area (Å²) in [6.07, 6.45) is 4.38. The highest BCUT2D eigenvalue weighted by molar-refractivity contribution is 6.09. The number of guanidine groups is 2. The minimum atomic E-state index is -1.95. The van der Waals surface area contributed by atoms with Crippen LogP contribution >= 0.6 is 0 Å². The average Bonchev–Trinajstić information content (AvgIpc) is 1.30. The zero-order valence-corrected chi connectivity index (χ0v) is 81.0. The van der Waals surface area contributed by atoms with Gasteiger partial charge in [0.2, 0.25) is 53.2 Å². The molecule has 2 saturated heterocycles. The summed E-state index contributed by atoms with van der Waals surface area (Å²) >= 11 is 0. The summed E-state index contributed by atoms with van der Waals surface area (Å²) in [5.41, 5.74) is 25.2. The second kappa shape index (κ2) is 54.0. The third-order valence-corrected chi connectivity index (χ3v) is 25.3. The number of para-hydroxylation sites is 2. The monoisotopic (exact) mass is 2030 g/mol. The lowest BCUT2D eigenvalue weighted by Gasteiger charge is -2.32. The number of anilines is 1. The van der Waals surface area contributed by atoms with Crippen molar-refractivity contribution >= 4 is 145 Å². The van der Waals surface area contributed by atoms with E-state index < -0.39 is 181 Å². The van der Waals surface area contributed by atoms with Crippen LogP contribution in [0.3, 0.4) is 0 Å². The number of carbonyl (C=O) groups is 16. The largest absolute Gasteiger partial charge is 0.480 e. The molecule has 10 aromatic rings. The molecule has 0 radical (unpaired) electrons. The predicted molar refractivity (Wildman–Crippen MR) is 543 cm³/mol. The van der Waals surface area contributed by atoms with Crippen LogP contribution in [-0.2, 0) is 94.4 Å². The number of rotatable bonds is 48. The van der Waals surface area contributed by atoms with Gasteiger partial charge in [0.1, 0.15) is 54.4 Å². The Bertz CT molecular complexity index is 6370. The summed E-state index contributed by atoms with van der Waals surface area (Å²) in [5.74, 6) is -14.7. The van der Waals surface area contributed by atoms with Crippen LogP contribution in [0.2, 0.25) is 0 Å². The molecule has 2 fully saturated rings. The van der Waals surface area contributed by atoms with Gasteiger partial charge in [-0.2, -0.15) is 0 Å². The number of aromatic nitrogens is 4. The number of nitrogens with zero attached hydrogens (tertiary/aromatic N) is 6. The Labute approximate surface area is 848 Å². The van der Waals surface area contributed by atoms with Crippen LogP contribution in [0.25, 0.3) is 32.6 Å². The molecule has 5 heterocycles. The molecule has 2 aliphatic heterocycles. The van der Waals surface area contributed by atoms with Crippen molar-refractivity contribution in [3.63, 3.8) is 0 Å². The number of ketones is 1. The van der Waals surface area contributed by atoms with Gasteiger partial charge in [0.05, 0.1) is 39.1 Å². The molecule has 9 atom stereocenters. The minimum absolute atomic E-state index is 0.00250. The van der Waals surface area contributed by atoms with Crippen LogP contribution in [-0.4, -0.2) is 331 Å². The number of nitrogens with two attached hydrogens (primary N) is 3. The number of benzene rings is 7. The first kappa shape index (κ1) is 110. The maximum absolute atomic E-state index is 15.6. The highest BCUT2D eigenvalue weighted by Crippen LogP contribution is 2.27. The number of carboxylic acid groups (broad SMARTS) is 3. The number of hydrogen-bond donors (Lipinski definition) is 25. The summed E-state index contributed by atoms with van der Waals surface area (Å²) in [7, 11) is 0. The predicted octanol–water partition coefficient (Wildman–Crippen LogP) is -0.915. The van der Waals surface area contributed by atoms with Gasteiger partial charge in [0.15, 0.2) is 17.7 Å². The van der Waals surface area contributed by atoms with Crippen LogP contribution < -0.4 is 86.5 Å². The molecule has 782 valence electrons. The minimum Gasteiger partial charge on any atom is -0.480 e. The lowest BCUT2D eigenvalue weighted by molar-refractivity contribution is -0.142. The van der Waals surface area contributed by atoms with Gasteiger partial charge in [-0.25, -0.2) is 15.2 Å². The number of carboxylic acids is 3. The van der Waals surface area contributed by atoms with Crippen molar-refractivity contribution in [2.75, 3.05) is 110 Å². The molecular formula is C101H123N27O20. The van der Waals surface area contributed by atoms with Crippen LogP contribution in [0.15, 0.2) is 195 Å². The number of imidazole rings is 1. The lowest BCUT2D eigenvalue weighted by Crippen LogP contribution is -2.61. The van der Waals surface area contributed by atoms with Crippen molar-refractivity contribution in [2.24, 2.45) is 17.2 Å².